The molecule has 0 aliphatic heterocycles. The summed E-state index contributed by atoms with van der Waals surface area (Å²) in [5, 5.41) is 0. The standard InChI is InChI=1S/CH2Cl2OP/c2-1-5(3)4/h1H2/q+1. The molecule has 0 spiro atoms. The molecular formula is CH2Cl2OP+. The Balaban J connectivity index is 2.85. The van der Waals surface area contributed by atoms with Gasteiger partial charge in [0.2, 0.25) is 16.9 Å². The summed E-state index contributed by atoms with van der Waals surface area (Å²) < 4.78 is 9.59. The van der Waals surface area contributed by atoms with Crippen LogP contribution in [0.15, 0.2) is 0 Å². The Kier molecular flexibility index (Phi) is 3.29. The molecule has 0 aromatic heterocycles. The number of hydrogen-bond acceptors (Lipinski definition) is 1. The average molecular weight is 132 g/mol. The fraction of sp³-hybridized carbons (Fsp3) is 1.00. The van der Waals surface area contributed by atoms with Gasteiger partial charge in [-0.2, -0.15) is 0 Å². The molecule has 1 atom stereocenters. The van der Waals surface area contributed by atoms with Crippen molar-refractivity contribution in [3.8, 4) is 0 Å². The summed E-state index contributed by atoms with van der Waals surface area (Å²) in [6.07, 6.45) is 0. The van der Waals surface area contributed by atoms with E-state index in [4.69, 9.17) is 22.8 Å². The molecule has 0 aliphatic rings. The van der Waals surface area contributed by atoms with Crippen molar-refractivity contribution in [2.24, 2.45) is 0 Å². The van der Waals surface area contributed by atoms with Crippen LogP contribution in [0.5, 0.6) is 0 Å². The largest absolute Gasteiger partial charge is 0.470 e. The Morgan fingerprint density at radius 3 is 2.00 bits per heavy atom. The number of halogens is 2. The highest BCUT2D eigenvalue weighted by molar-refractivity contribution is 7.74. The third kappa shape index (κ3) is 4.68. The van der Waals surface area contributed by atoms with Crippen molar-refractivity contribution in [2.75, 3.05) is 5.62 Å². The molecule has 0 saturated carbocycles. The van der Waals surface area contributed by atoms with Gasteiger partial charge in [0.1, 0.15) is 0 Å². The second kappa shape index (κ2) is 2.89. The minimum atomic E-state index is -1.61. The van der Waals surface area contributed by atoms with Gasteiger partial charge in [0.15, 0.2) is 0 Å². The predicted octanol–water partition coefficient (Wildman–Crippen LogP) is 2.16. The molecule has 0 N–H and O–H groups in total. The van der Waals surface area contributed by atoms with E-state index in [2.05, 4.69) is 0 Å². The fourth-order valence-electron chi connectivity index (χ4n) is 0. The van der Waals surface area contributed by atoms with Gasteiger partial charge >= 0.3 is 7.15 Å². The van der Waals surface area contributed by atoms with Gasteiger partial charge in [-0.1, -0.05) is 16.2 Å². The normalized spacial score (nSPS) is 11.2. The summed E-state index contributed by atoms with van der Waals surface area (Å²) in [6.45, 7) is 0. The van der Waals surface area contributed by atoms with Crippen LogP contribution in [-0.4, -0.2) is 5.62 Å². The second-order valence-corrected chi connectivity index (χ2v) is 3.16. The Hall–Kier alpha value is 0.680. The summed E-state index contributed by atoms with van der Waals surface area (Å²) in [6, 6.07) is 0. The maximum absolute atomic E-state index is 9.59. The quantitative estimate of drug-likeness (QED) is 0.394. The zero-order valence-electron chi connectivity index (χ0n) is 2.32. The van der Waals surface area contributed by atoms with Gasteiger partial charge in [0.05, 0.1) is 0 Å². The van der Waals surface area contributed by atoms with Crippen molar-refractivity contribution in [3.63, 3.8) is 0 Å². The van der Waals surface area contributed by atoms with Crippen LogP contribution < -0.4 is 0 Å². The zero-order chi connectivity index (χ0) is 4.28. The van der Waals surface area contributed by atoms with Crippen LogP contribution in [0.25, 0.3) is 0 Å². The molecule has 0 fully saturated rings. The Bertz CT molecular complexity index is 44.9. The van der Waals surface area contributed by atoms with Crippen molar-refractivity contribution < 1.29 is 4.57 Å². The van der Waals surface area contributed by atoms with Gasteiger partial charge in [-0.3, -0.25) is 0 Å². The Morgan fingerprint density at radius 1 is 1.80 bits per heavy atom. The second-order valence-electron chi connectivity index (χ2n) is 0.437. The van der Waals surface area contributed by atoms with Crippen molar-refractivity contribution >= 4 is 30.0 Å². The van der Waals surface area contributed by atoms with Crippen LogP contribution in [0.1, 0.15) is 0 Å². The Morgan fingerprint density at radius 2 is 2.00 bits per heavy atom. The Labute approximate surface area is 40.8 Å². The fourth-order valence-corrected chi connectivity index (χ4v) is 0. The van der Waals surface area contributed by atoms with E-state index in [0.717, 1.165) is 0 Å². The lowest BCUT2D eigenvalue weighted by Gasteiger charge is -1.47. The van der Waals surface area contributed by atoms with Gasteiger partial charge in [-0.05, 0) is 0 Å². The first-order chi connectivity index (χ1) is 2.27. The maximum atomic E-state index is 9.59. The summed E-state index contributed by atoms with van der Waals surface area (Å²) in [7, 11) is -1.61. The predicted molar refractivity (Wildman–Crippen MR) is 24.2 cm³/mol. The highest BCUT2D eigenvalue weighted by atomic mass is 35.7. The average Bonchev–Trinajstić information content (AvgIpc) is 1.38. The smallest absolute Gasteiger partial charge is 0.0682 e. The van der Waals surface area contributed by atoms with E-state index in [1.165, 1.54) is 0 Å². The molecule has 5 heavy (non-hydrogen) atoms. The number of hydrogen-bond donors (Lipinski definition) is 0. The van der Waals surface area contributed by atoms with Gasteiger partial charge < -0.3 is 0 Å². The molecule has 0 aromatic carbocycles. The molecule has 4 heteroatoms. The van der Waals surface area contributed by atoms with Crippen LogP contribution in [0.2, 0.25) is 0 Å². The number of alkyl halides is 1. The molecule has 0 radical (unpaired) electrons. The van der Waals surface area contributed by atoms with E-state index in [1.54, 1.807) is 0 Å². The SMILES string of the molecule is O=[P+](Cl)CCl. The van der Waals surface area contributed by atoms with Gasteiger partial charge in [-0.25, -0.2) is 0 Å². The summed E-state index contributed by atoms with van der Waals surface area (Å²) in [4.78, 5) is 0. The van der Waals surface area contributed by atoms with Crippen LogP contribution in [0, 0.1) is 0 Å². The van der Waals surface area contributed by atoms with Crippen molar-refractivity contribution in [1.29, 1.82) is 0 Å². The highest BCUT2D eigenvalue weighted by Crippen LogP contribution is 2.26. The van der Waals surface area contributed by atoms with E-state index >= 15 is 0 Å². The van der Waals surface area contributed by atoms with Crippen LogP contribution in [0.3, 0.4) is 0 Å². The third-order valence-electron chi connectivity index (χ3n) is 0.0940. The van der Waals surface area contributed by atoms with Crippen molar-refractivity contribution in [1.82, 2.24) is 0 Å². The van der Waals surface area contributed by atoms with E-state index in [0.29, 0.717) is 0 Å². The van der Waals surface area contributed by atoms with Crippen molar-refractivity contribution in [2.45, 2.75) is 0 Å². The summed E-state index contributed by atoms with van der Waals surface area (Å²) in [5.41, 5.74) is 0.0525. The topological polar surface area (TPSA) is 17.1 Å². The lowest BCUT2D eigenvalue weighted by atomic mass is 11.9. The molecule has 30 valence electrons. The minimum absolute atomic E-state index is 0.0525. The lowest BCUT2D eigenvalue weighted by molar-refractivity contribution is 0.598. The summed E-state index contributed by atoms with van der Waals surface area (Å²) in [5.74, 6) is 0. The molecule has 0 amide bonds. The van der Waals surface area contributed by atoms with Gasteiger partial charge in [-0.15, -0.1) is 0 Å². The van der Waals surface area contributed by atoms with Crippen molar-refractivity contribution in [3.05, 3.63) is 0 Å². The lowest BCUT2D eigenvalue weighted by Crippen LogP contribution is -1.40. The first-order valence-corrected chi connectivity index (χ1v) is 3.82. The first-order valence-electron chi connectivity index (χ1n) is 0.935. The first kappa shape index (κ1) is 5.68. The molecule has 1 nitrogen and oxygen atoms in total. The molecule has 1 unspecified atom stereocenters. The van der Waals surface area contributed by atoms with Crippen LogP contribution in [-0.2, 0) is 4.57 Å². The van der Waals surface area contributed by atoms with Gasteiger partial charge in [0.25, 0.3) is 0 Å². The molecule has 0 saturated heterocycles. The molecule has 0 bridgehead atoms. The zero-order valence-corrected chi connectivity index (χ0v) is 4.72. The molecule has 0 aliphatic carbocycles. The van der Waals surface area contributed by atoms with E-state index in [1.807, 2.05) is 0 Å². The highest BCUT2D eigenvalue weighted by Gasteiger charge is 2.03. The summed E-state index contributed by atoms with van der Waals surface area (Å²) >= 11 is 9.76. The molecular weight excluding hydrogens is 130 g/mol. The number of rotatable bonds is 1. The van der Waals surface area contributed by atoms with E-state index in [9.17, 15) is 4.57 Å². The molecule has 0 aromatic rings. The van der Waals surface area contributed by atoms with Crippen LogP contribution >= 0.6 is 30.0 Å². The monoisotopic (exact) mass is 131 g/mol. The van der Waals surface area contributed by atoms with Gasteiger partial charge in [0, 0.05) is 0 Å². The van der Waals surface area contributed by atoms with Crippen LogP contribution in [0.4, 0.5) is 0 Å². The van der Waals surface area contributed by atoms with E-state index < -0.39 is 7.15 Å². The minimum Gasteiger partial charge on any atom is -0.0682 e. The van der Waals surface area contributed by atoms with E-state index in [-0.39, 0.29) is 5.62 Å². The third-order valence-corrected chi connectivity index (χ3v) is 1.66. The molecule has 0 rings (SSSR count). The maximum Gasteiger partial charge on any atom is 0.470 e. The molecule has 0 heterocycles.